The highest BCUT2D eigenvalue weighted by Crippen LogP contribution is 2.38. The van der Waals surface area contributed by atoms with Crippen LogP contribution in [0, 0.1) is 0 Å². The van der Waals surface area contributed by atoms with Gasteiger partial charge in [0.05, 0.1) is 44.8 Å². The zero-order chi connectivity index (χ0) is 39.3. The predicted octanol–water partition coefficient (Wildman–Crippen LogP) is 14.3. The Balaban J connectivity index is 0.896. The second-order valence-electron chi connectivity index (χ2n) is 15.4. The quantitative estimate of drug-likeness (QED) is 0.166. The largest absolute Gasteiger partial charge is 0.456 e. The molecule has 0 saturated carbocycles. The van der Waals surface area contributed by atoms with E-state index >= 15 is 0 Å². The molecule has 0 saturated heterocycles. The third-order valence-corrected chi connectivity index (χ3v) is 11.8. The zero-order valence-electron chi connectivity index (χ0n) is 31.9. The van der Waals surface area contributed by atoms with Crippen LogP contribution in [0.15, 0.2) is 191 Å². The molecule has 13 rings (SSSR count). The maximum Gasteiger partial charge on any atom is 0.144 e. The first-order valence-corrected chi connectivity index (χ1v) is 20.0. The molecule has 0 aliphatic rings. The molecule has 0 aliphatic heterocycles. The number of benzene rings is 7. The molecule has 0 amide bonds. The van der Waals surface area contributed by atoms with E-state index < -0.39 is 0 Å². The average Bonchev–Trinajstić information content (AvgIpc) is 3.89. The first-order chi connectivity index (χ1) is 29.7. The summed E-state index contributed by atoms with van der Waals surface area (Å²) < 4.78 is 12.5. The number of para-hydroxylation sites is 3. The molecule has 13 aromatic rings. The van der Waals surface area contributed by atoms with Crippen molar-refractivity contribution >= 4 is 87.5 Å². The van der Waals surface area contributed by atoms with Crippen LogP contribution in [0.4, 0.5) is 0 Å². The predicted molar refractivity (Wildman–Crippen MR) is 244 cm³/mol. The molecule has 6 heteroatoms. The molecule has 0 radical (unpaired) electrons. The van der Waals surface area contributed by atoms with Crippen LogP contribution in [0.1, 0.15) is 0 Å². The van der Waals surface area contributed by atoms with Gasteiger partial charge in [-0.2, -0.15) is 0 Å². The van der Waals surface area contributed by atoms with Gasteiger partial charge in [-0.05, 0) is 66.7 Å². The van der Waals surface area contributed by atoms with Crippen molar-refractivity contribution in [1.82, 2.24) is 19.9 Å². The van der Waals surface area contributed by atoms with Crippen molar-refractivity contribution in [3.63, 3.8) is 0 Å². The van der Waals surface area contributed by atoms with Crippen LogP contribution in [0.5, 0.6) is 0 Å². The molecule has 0 spiro atoms. The van der Waals surface area contributed by atoms with E-state index in [1.807, 2.05) is 42.5 Å². The number of pyridine rings is 4. The van der Waals surface area contributed by atoms with E-state index in [9.17, 15) is 0 Å². The van der Waals surface area contributed by atoms with Gasteiger partial charge >= 0.3 is 0 Å². The summed E-state index contributed by atoms with van der Waals surface area (Å²) in [4.78, 5) is 21.0. The van der Waals surface area contributed by atoms with E-state index in [1.54, 1.807) is 0 Å². The highest BCUT2D eigenvalue weighted by Gasteiger charge is 2.16. The van der Waals surface area contributed by atoms with Gasteiger partial charge in [-0.1, -0.05) is 115 Å². The van der Waals surface area contributed by atoms with Gasteiger partial charge in [-0.25, -0.2) is 19.9 Å². The van der Waals surface area contributed by atoms with Crippen molar-refractivity contribution in [2.75, 3.05) is 0 Å². The van der Waals surface area contributed by atoms with Crippen LogP contribution in [0.25, 0.3) is 133 Å². The summed E-state index contributed by atoms with van der Waals surface area (Å²) in [5.74, 6) is 0. The number of hydrogen-bond acceptors (Lipinski definition) is 6. The van der Waals surface area contributed by atoms with Crippen LogP contribution >= 0.6 is 0 Å². The third kappa shape index (κ3) is 5.07. The highest BCUT2D eigenvalue weighted by atomic mass is 16.3. The summed E-state index contributed by atoms with van der Waals surface area (Å²) in [6, 6.07) is 62.6. The fourth-order valence-corrected chi connectivity index (χ4v) is 8.84. The summed E-state index contributed by atoms with van der Waals surface area (Å²) >= 11 is 0. The first-order valence-electron chi connectivity index (χ1n) is 20.0. The Hall–Kier alpha value is -8.22. The Morgan fingerprint density at radius 3 is 1.32 bits per heavy atom. The van der Waals surface area contributed by atoms with Gasteiger partial charge < -0.3 is 8.83 Å². The standard InChI is InChI=1S/C54H30N4O2/c1-4-14-48-38(9-1)40-11-6-12-41(54(40)60-48)46-27-22-34-18-17-33-20-25-44(56-52(33)53(34)58-46)36-8-5-7-35(29-36)43-24-19-31-15-16-32-21-26-45(57-51(32)50(31)55-43)37-23-28-49-42(30-37)39-10-2-3-13-47(39)59-49/h1-30H. The highest BCUT2D eigenvalue weighted by molar-refractivity contribution is 6.11. The molecular formula is C54H30N4O2. The van der Waals surface area contributed by atoms with Crippen molar-refractivity contribution in [3.8, 4) is 45.0 Å². The zero-order valence-corrected chi connectivity index (χ0v) is 31.9. The summed E-state index contributed by atoms with van der Waals surface area (Å²) in [7, 11) is 0. The lowest BCUT2D eigenvalue weighted by Crippen LogP contribution is -1.92. The Bertz CT molecular complexity index is 3920. The van der Waals surface area contributed by atoms with Crippen molar-refractivity contribution in [2.45, 2.75) is 0 Å². The number of nitrogens with zero attached hydrogens (tertiary/aromatic N) is 4. The molecule has 0 aliphatic carbocycles. The minimum atomic E-state index is 0.837. The maximum absolute atomic E-state index is 6.39. The molecule has 6 aromatic heterocycles. The van der Waals surface area contributed by atoms with Crippen molar-refractivity contribution in [3.05, 3.63) is 182 Å². The second-order valence-corrected chi connectivity index (χ2v) is 15.4. The van der Waals surface area contributed by atoms with E-state index in [2.05, 4.69) is 140 Å². The fourth-order valence-electron chi connectivity index (χ4n) is 8.84. The molecule has 0 atom stereocenters. The average molecular weight is 767 g/mol. The van der Waals surface area contributed by atoms with Gasteiger partial charge in [0.25, 0.3) is 0 Å². The molecule has 0 unspecified atom stereocenters. The van der Waals surface area contributed by atoms with Gasteiger partial charge in [0.2, 0.25) is 0 Å². The van der Waals surface area contributed by atoms with Crippen LogP contribution in [0.3, 0.4) is 0 Å². The Morgan fingerprint density at radius 2 is 0.717 bits per heavy atom. The molecule has 60 heavy (non-hydrogen) atoms. The Labute approximate surface area is 342 Å². The molecule has 0 bridgehead atoms. The van der Waals surface area contributed by atoms with Gasteiger partial charge in [-0.15, -0.1) is 0 Å². The Kier molecular flexibility index (Phi) is 6.91. The van der Waals surface area contributed by atoms with E-state index in [0.29, 0.717) is 0 Å². The maximum atomic E-state index is 6.39. The lowest BCUT2D eigenvalue weighted by atomic mass is 10.0. The molecule has 6 heterocycles. The minimum Gasteiger partial charge on any atom is -0.456 e. The van der Waals surface area contributed by atoms with Gasteiger partial charge in [0, 0.05) is 65.3 Å². The van der Waals surface area contributed by atoms with Gasteiger partial charge in [0.1, 0.15) is 22.3 Å². The van der Waals surface area contributed by atoms with Gasteiger partial charge in [0.15, 0.2) is 0 Å². The second kappa shape index (κ2) is 12.6. The molecule has 0 N–H and O–H groups in total. The molecule has 0 fully saturated rings. The van der Waals surface area contributed by atoms with E-state index in [1.165, 1.54) is 0 Å². The van der Waals surface area contributed by atoms with Crippen LogP contribution < -0.4 is 0 Å². The van der Waals surface area contributed by atoms with Crippen LogP contribution in [-0.2, 0) is 0 Å². The smallest absolute Gasteiger partial charge is 0.144 e. The number of rotatable bonds is 4. The van der Waals surface area contributed by atoms with Gasteiger partial charge in [-0.3, -0.25) is 0 Å². The number of aromatic nitrogens is 4. The molecule has 7 aromatic carbocycles. The molecular weight excluding hydrogens is 737 g/mol. The SMILES string of the molecule is c1cc(-c2ccc3ccc4ccc(-c5ccc6oc7ccccc7c6c5)nc4c3n2)cc(-c2ccc3ccc4ccc(-c5cccc6c5oc5ccccc56)nc4c3n2)c1. The summed E-state index contributed by atoms with van der Waals surface area (Å²) in [6.07, 6.45) is 0. The van der Waals surface area contributed by atoms with Crippen LogP contribution in [0.2, 0.25) is 0 Å². The number of hydrogen-bond donors (Lipinski definition) is 0. The lowest BCUT2D eigenvalue weighted by molar-refractivity contribution is 0.669. The summed E-state index contributed by atoms with van der Waals surface area (Å²) in [6.45, 7) is 0. The van der Waals surface area contributed by atoms with E-state index in [-0.39, 0.29) is 0 Å². The fraction of sp³-hybridized carbons (Fsp3) is 0. The van der Waals surface area contributed by atoms with E-state index in [4.69, 9.17) is 28.8 Å². The topological polar surface area (TPSA) is 77.8 Å². The Morgan fingerprint density at radius 1 is 0.283 bits per heavy atom. The molecule has 6 nitrogen and oxygen atoms in total. The first kappa shape index (κ1) is 32.8. The summed E-state index contributed by atoms with van der Waals surface area (Å²) in [5.41, 5.74) is 14.3. The lowest BCUT2D eigenvalue weighted by Gasteiger charge is -2.10. The molecule has 278 valence electrons. The number of furan rings is 2. The third-order valence-electron chi connectivity index (χ3n) is 11.8. The van der Waals surface area contributed by atoms with Crippen molar-refractivity contribution in [1.29, 1.82) is 0 Å². The normalized spacial score (nSPS) is 12.0. The van der Waals surface area contributed by atoms with E-state index in [0.717, 1.165) is 133 Å². The van der Waals surface area contributed by atoms with Crippen LogP contribution in [-0.4, -0.2) is 19.9 Å². The van der Waals surface area contributed by atoms with Crippen molar-refractivity contribution < 1.29 is 8.83 Å². The van der Waals surface area contributed by atoms with Crippen molar-refractivity contribution in [2.24, 2.45) is 0 Å². The minimum absolute atomic E-state index is 0.837. The number of fused-ring (bicyclic) bond motifs is 12. The monoisotopic (exact) mass is 766 g/mol. The summed E-state index contributed by atoms with van der Waals surface area (Å²) in [5, 5.41) is 8.49.